The Morgan fingerprint density at radius 2 is 1.87 bits per heavy atom. The molecule has 0 saturated heterocycles. The van der Waals surface area contributed by atoms with Crippen LogP contribution in [0, 0.1) is 6.92 Å². The van der Waals surface area contributed by atoms with Crippen molar-refractivity contribution in [2.75, 3.05) is 18.9 Å². The van der Waals surface area contributed by atoms with E-state index in [4.69, 9.17) is 15.2 Å². The number of hydrogen-bond acceptors (Lipinski definition) is 6. The number of carbonyl (C=O) groups excluding carboxylic acids is 1. The molecule has 2 aromatic rings. The van der Waals surface area contributed by atoms with Crippen molar-refractivity contribution in [1.82, 2.24) is 9.97 Å². The average Bonchev–Trinajstić information content (AvgIpc) is 2.52. The van der Waals surface area contributed by atoms with Crippen LogP contribution in [0.15, 0.2) is 24.3 Å². The maximum atomic E-state index is 12.2. The molecule has 0 atom stereocenters. The summed E-state index contributed by atoms with van der Waals surface area (Å²) >= 11 is 0. The molecule has 2 rings (SSSR count). The van der Waals surface area contributed by atoms with Gasteiger partial charge in [0.15, 0.2) is 0 Å². The van der Waals surface area contributed by atoms with E-state index < -0.39 is 5.97 Å². The molecule has 0 aliphatic carbocycles. The highest BCUT2D eigenvalue weighted by molar-refractivity contribution is 5.97. The van der Waals surface area contributed by atoms with Gasteiger partial charge in [-0.05, 0) is 44.5 Å². The average molecular weight is 315 g/mol. The van der Waals surface area contributed by atoms with Crippen LogP contribution in [0.25, 0.3) is 11.3 Å². The molecule has 6 nitrogen and oxygen atoms in total. The van der Waals surface area contributed by atoms with E-state index in [0.717, 1.165) is 17.7 Å². The molecule has 1 aromatic carbocycles. The van der Waals surface area contributed by atoms with Crippen molar-refractivity contribution < 1.29 is 14.3 Å². The minimum Gasteiger partial charge on any atom is -0.494 e. The van der Waals surface area contributed by atoms with Gasteiger partial charge in [0.05, 0.1) is 24.6 Å². The molecule has 0 saturated carbocycles. The number of carbonyl (C=O) groups is 1. The number of hydrogen-bond donors (Lipinski definition) is 1. The van der Waals surface area contributed by atoms with Gasteiger partial charge in [-0.1, -0.05) is 6.92 Å². The van der Waals surface area contributed by atoms with Crippen molar-refractivity contribution >= 4 is 11.9 Å². The van der Waals surface area contributed by atoms with Gasteiger partial charge >= 0.3 is 5.97 Å². The molecule has 2 N–H and O–H groups in total. The Bertz CT molecular complexity index is 684. The normalized spacial score (nSPS) is 10.4. The molecule has 0 bridgehead atoms. The zero-order valence-corrected chi connectivity index (χ0v) is 13.6. The minimum absolute atomic E-state index is 0.122. The van der Waals surface area contributed by atoms with E-state index in [-0.39, 0.29) is 12.6 Å². The lowest BCUT2D eigenvalue weighted by Gasteiger charge is -2.12. The summed E-state index contributed by atoms with van der Waals surface area (Å²) < 4.78 is 10.7. The van der Waals surface area contributed by atoms with Crippen LogP contribution in [0.2, 0.25) is 0 Å². The van der Waals surface area contributed by atoms with Crippen LogP contribution in [0.4, 0.5) is 5.95 Å². The summed E-state index contributed by atoms with van der Waals surface area (Å²) in [5.74, 6) is 0.440. The number of anilines is 1. The lowest BCUT2D eigenvalue weighted by molar-refractivity contribution is 0.0525. The number of nitrogens with zero attached hydrogens (tertiary/aromatic N) is 2. The summed E-state index contributed by atoms with van der Waals surface area (Å²) in [6, 6.07) is 7.37. The number of ether oxygens (including phenoxy) is 2. The number of benzene rings is 1. The second-order valence-corrected chi connectivity index (χ2v) is 4.98. The van der Waals surface area contributed by atoms with E-state index in [1.165, 1.54) is 0 Å². The van der Waals surface area contributed by atoms with Gasteiger partial charge in [-0.2, -0.15) is 0 Å². The zero-order valence-electron chi connectivity index (χ0n) is 13.6. The fourth-order valence-electron chi connectivity index (χ4n) is 2.18. The Hall–Kier alpha value is -2.63. The molecule has 0 aliphatic rings. The zero-order chi connectivity index (χ0) is 16.8. The highest BCUT2D eigenvalue weighted by Gasteiger charge is 2.20. The number of aromatic nitrogens is 2. The van der Waals surface area contributed by atoms with Crippen molar-refractivity contribution in [1.29, 1.82) is 0 Å². The molecule has 23 heavy (non-hydrogen) atoms. The molecule has 122 valence electrons. The Labute approximate surface area is 135 Å². The standard InChI is InChI=1S/C17H21N3O3/c1-4-10-23-13-8-6-12(7-9-13)15-14(16(21)22-5-2)11(3)19-17(18)20-15/h6-9H,4-5,10H2,1-3H3,(H2,18,19,20). The SMILES string of the molecule is CCCOc1ccc(-c2nc(N)nc(C)c2C(=O)OCC)cc1. The van der Waals surface area contributed by atoms with Crippen LogP contribution in [0.1, 0.15) is 36.3 Å². The molecule has 6 heteroatoms. The smallest absolute Gasteiger partial charge is 0.342 e. The fourth-order valence-corrected chi connectivity index (χ4v) is 2.18. The lowest BCUT2D eigenvalue weighted by Crippen LogP contribution is -2.13. The van der Waals surface area contributed by atoms with E-state index in [1.54, 1.807) is 13.8 Å². The first-order valence-electron chi connectivity index (χ1n) is 7.61. The second kappa shape index (κ2) is 7.58. The predicted molar refractivity (Wildman–Crippen MR) is 88.4 cm³/mol. The monoisotopic (exact) mass is 315 g/mol. The van der Waals surface area contributed by atoms with Crippen molar-refractivity contribution in [3.8, 4) is 17.0 Å². The third kappa shape index (κ3) is 3.97. The second-order valence-electron chi connectivity index (χ2n) is 4.98. The van der Waals surface area contributed by atoms with Crippen LogP contribution < -0.4 is 10.5 Å². The van der Waals surface area contributed by atoms with Gasteiger partial charge < -0.3 is 15.2 Å². The van der Waals surface area contributed by atoms with Gasteiger partial charge in [0, 0.05) is 5.56 Å². The Morgan fingerprint density at radius 3 is 2.48 bits per heavy atom. The molecule has 1 heterocycles. The number of aryl methyl sites for hydroxylation is 1. The summed E-state index contributed by atoms with van der Waals surface area (Å²) in [6.45, 7) is 6.46. The lowest BCUT2D eigenvalue weighted by atomic mass is 10.0. The number of nitrogen functional groups attached to an aromatic ring is 1. The van der Waals surface area contributed by atoms with Gasteiger partial charge in [0.25, 0.3) is 0 Å². The summed E-state index contributed by atoms with van der Waals surface area (Å²) in [5.41, 5.74) is 7.80. The minimum atomic E-state index is -0.452. The van der Waals surface area contributed by atoms with Gasteiger partial charge in [0.1, 0.15) is 11.3 Å². The fraction of sp³-hybridized carbons (Fsp3) is 0.353. The number of rotatable bonds is 6. The Morgan fingerprint density at radius 1 is 1.17 bits per heavy atom. The first-order valence-corrected chi connectivity index (χ1v) is 7.61. The van der Waals surface area contributed by atoms with Crippen molar-refractivity contribution in [2.24, 2.45) is 0 Å². The third-order valence-electron chi connectivity index (χ3n) is 3.19. The Kier molecular flexibility index (Phi) is 5.51. The molecule has 0 radical (unpaired) electrons. The molecule has 0 amide bonds. The Balaban J connectivity index is 2.43. The largest absolute Gasteiger partial charge is 0.494 e. The number of esters is 1. The molecular weight excluding hydrogens is 294 g/mol. The van der Waals surface area contributed by atoms with Crippen LogP contribution in [0.5, 0.6) is 5.75 Å². The van der Waals surface area contributed by atoms with Crippen LogP contribution in [-0.4, -0.2) is 29.2 Å². The summed E-state index contributed by atoms with van der Waals surface area (Å²) in [7, 11) is 0. The maximum Gasteiger partial charge on any atom is 0.342 e. The third-order valence-corrected chi connectivity index (χ3v) is 3.19. The highest BCUT2D eigenvalue weighted by atomic mass is 16.5. The molecule has 0 unspecified atom stereocenters. The van der Waals surface area contributed by atoms with Crippen LogP contribution >= 0.6 is 0 Å². The summed E-state index contributed by atoms with van der Waals surface area (Å²) in [6.07, 6.45) is 0.941. The van der Waals surface area contributed by atoms with E-state index in [1.807, 2.05) is 31.2 Å². The van der Waals surface area contributed by atoms with Crippen LogP contribution in [0.3, 0.4) is 0 Å². The summed E-state index contributed by atoms with van der Waals surface area (Å²) in [4.78, 5) is 20.5. The van der Waals surface area contributed by atoms with Crippen molar-refractivity contribution in [2.45, 2.75) is 27.2 Å². The molecule has 0 aliphatic heterocycles. The van der Waals surface area contributed by atoms with Crippen molar-refractivity contribution in [3.05, 3.63) is 35.5 Å². The number of nitrogens with two attached hydrogens (primary N) is 1. The van der Waals surface area contributed by atoms with Crippen molar-refractivity contribution in [3.63, 3.8) is 0 Å². The predicted octanol–water partition coefficient (Wildman–Crippen LogP) is 3.00. The van der Waals surface area contributed by atoms with Gasteiger partial charge in [-0.15, -0.1) is 0 Å². The maximum absolute atomic E-state index is 12.2. The molecule has 0 spiro atoms. The van der Waals surface area contributed by atoms with E-state index in [2.05, 4.69) is 9.97 Å². The first-order chi connectivity index (χ1) is 11.1. The molecular formula is C17H21N3O3. The van der Waals surface area contributed by atoms with Crippen LogP contribution in [-0.2, 0) is 4.74 Å². The van der Waals surface area contributed by atoms with E-state index in [0.29, 0.717) is 23.6 Å². The van der Waals surface area contributed by atoms with Gasteiger partial charge in [0.2, 0.25) is 5.95 Å². The molecule has 0 fully saturated rings. The molecule has 1 aromatic heterocycles. The quantitative estimate of drug-likeness (QED) is 0.825. The summed E-state index contributed by atoms with van der Waals surface area (Å²) in [5, 5.41) is 0. The van der Waals surface area contributed by atoms with Gasteiger partial charge in [-0.25, -0.2) is 14.8 Å². The van der Waals surface area contributed by atoms with Gasteiger partial charge in [-0.3, -0.25) is 0 Å². The van der Waals surface area contributed by atoms with E-state index >= 15 is 0 Å². The topological polar surface area (TPSA) is 87.3 Å². The highest BCUT2D eigenvalue weighted by Crippen LogP contribution is 2.27. The van der Waals surface area contributed by atoms with E-state index in [9.17, 15) is 4.79 Å². The first kappa shape index (κ1) is 16.7.